The van der Waals surface area contributed by atoms with Crippen molar-refractivity contribution in [3.05, 3.63) is 65.4 Å². The number of hydrogen-bond acceptors (Lipinski definition) is 5. The van der Waals surface area contributed by atoms with Crippen molar-refractivity contribution in [2.45, 2.75) is 39.5 Å². The molecule has 0 radical (unpaired) electrons. The van der Waals surface area contributed by atoms with Crippen LogP contribution in [0.3, 0.4) is 0 Å². The number of halogens is 3. The van der Waals surface area contributed by atoms with Crippen LogP contribution in [0, 0.1) is 5.41 Å². The summed E-state index contributed by atoms with van der Waals surface area (Å²) in [6, 6.07) is 9.38. The first-order valence-electron chi connectivity index (χ1n) is 11.2. The fourth-order valence-corrected chi connectivity index (χ4v) is 3.64. The molecule has 37 heavy (non-hydrogen) atoms. The molecule has 0 aliphatic heterocycles. The Balaban J connectivity index is 1.88. The molecule has 9 nitrogen and oxygen atoms in total. The van der Waals surface area contributed by atoms with Gasteiger partial charge in [-0.15, -0.1) is 0 Å². The first-order chi connectivity index (χ1) is 17.2. The summed E-state index contributed by atoms with van der Waals surface area (Å²) < 4.78 is 39.8. The summed E-state index contributed by atoms with van der Waals surface area (Å²) in [5.41, 5.74) is 3.92. The molecule has 0 bridgehead atoms. The Morgan fingerprint density at radius 3 is 2.19 bits per heavy atom. The van der Waals surface area contributed by atoms with Gasteiger partial charge in [-0.2, -0.15) is 18.3 Å². The number of para-hydroxylation sites is 1. The molecule has 0 aliphatic rings. The Kier molecular flexibility index (Phi) is 7.70. The second kappa shape index (κ2) is 10.4. The minimum Gasteiger partial charge on any atom is -0.368 e. The second-order valence-corrected chi connectivity index (χ2v) is 9.48. The predicted molar refractivity (Wildman–Crippen MR) is 128 cm³/mol. The normalized spacial score (nSPS) is 12.7. The molecule has 1 atom stereocenters. The van der Waals surface area contributed by atoms with Crippen LogP contribution in [0.5, 0.6) is 0 Å². The molecule has 3 rings (SSSR count). The number of hydrogen-bond donors (Lipinski definition) is 3. The highest BCUT2D eigenvalue weighted by molar-refractivity contribution is 6.07. The molecule has 4 N–H and O–H groups in total. The van der Waals surface area contributed by atoms with E-state index in [0.717, 1.165) is 24.3 Å². The Morgan fingerprint density at radius 2 is 1.62 bits per heavy atom. The van der Waals surface area contributed by atoms with Crippen LogP contribution in [0.1, 0.15) is 47.2 Å². The molecule has 196 valence electrons. The SMILES string of the molecule is CC(C)(C)C(NC(=O)c1nn(CC(=O)c2ccc(C(F)(F)F)cc2)c2ccccc12)C(=O)NCC(N)=O. The highest BCUT2D eigenvalue weighted by Crippen LogP contribution is 2.29. The number of Topliss-reactive ketones (excluding diaryl/α,β-unsaturated/α-hetero) is 1. The van der Waals surface area contributed by atoms with E-state index in [2.05, 4.69) is 15.7 Å². The van der Waals surface area contributed by atoms with Crippen LogP contribution >= 0.6 is 0 Å². The molecule has 1 aromatic heterocycles. The van der Waals surface area contributed by atoms with Crippen LogP contribution in [-0.2, 0) is 22.3 Å². The number of rotatable bonds is 8. The van der Waals surface area contributed by atoms with E-state index in [4.69, 9.17) is 5.73 Å². The van der Waals surface area contributed by atoms with Crippen molar-refractivity contribution in [3.8, 4) is 0 Å². The van der Waals surface area contributed by atoms with Crippen molar-refractivity contribution in [2.24, 2.45) is 11.1 Å². The average Bonchev–Trinajstić information content (AvgIpc) is 3.18. The smallest absolute Gasteiger partial charge is 0.368 e. The molecule has 1 heterocycles. The number of nitrogens with one attached hydrogen (secondary N) is 2. The van der Waals surface area contributed by atoms with Gasteiger partial charge >= 0.3 is 6.18 Å². The minimum atomic E-state index is -4.52. The molecule has 0 saturated heterocycles. The number of nitrogens with zero attached hydrogens (tertiary/aromatic N) is 2. The van der Waals surface area contributed by atoms with Crippen LogP contribution in [0.4, 0.5) is 13.2 Å². The monoisotopic (exact) mass is 517 g/mol. The van der Waals surface area contributed by atoms with Crippen molar-refractivity contribution in [3.63, 3.8) is 0 Å². The number of amides is 3. The number of carbonyl (C=O) groups is 4. The largest absolute Gasteiger partial charge is 0.416 e. The lowest BCUT2D eigenvalue weighted by Crippen LogP contribution is -2.54. The molecular weight excluding hydrogens is 491 g/mol. The number of primary amides is 1. The Hall–Kier alpha value is -4.22. The van der Waals surface area contributed by atoms with Gasteiger partial charge in [-0.25, -0.2) is 0 Å². The predicted octanol–water partition coefficient (Wildman–Crippen LogP) is 2.68. The Morgan fingerprint density at radius 1 is 1.00 bits per heavy atom. The van der Waals surface area contributed by atoms with Gasteiger partial charge in [0, 0.05) is 10.9 Å². The summed E-state index contributed by atoms with van der Waals surface area (Å²) >= 11 is 0. The van der Waals surface area contributed by atoms with Crippen LogP contribution in [-0.4, -0.2) is 45.9 Å². The molecule has 1 unspecified atom stereocenters. The first-order valence-corrected chi connectivity index (χ1v) is 11.2. The number of carbonyl (C=O) groups excluding carboxylic acids is 4. The lowest BCUT2D eigenvalue weighted by Gasteiger charge is -2.30. The second-order valence-electron chi connectivity index (χ2n) is 9.48. The molecule has 3 aromatic rings. The van der Waals surface area contributed by atoms with Crippen molar-refractivity contribution in [2.75, 3.05) is 6.54 Å². The van der Waals surface area contributed by atoms with Crippen molar-refractivity contribution >= 4 is 34.4 Å². The Labute approximate surface area is 210 Å². The molecule has 0 spiro atoms. The minimum absolute atomic E-state index is 0.0484. The number of ketones is 1. The zero-order valence-electron chi connectivity index (χ0n) is 20.3. The van der Waals surface area contributed by atoms with Crippen molar-refractivity contribution in [1.82, 2.24) is 20.4 Å². The molecule has 2 aromatic carbocycles. The van der Waals surface area contributed by atoms with Gasteiger partial charge in [-0.1, -0.05) is 51.1 Å². The summed E-state index contributed by atoms with van der Waals surface area (Å²) in [5, 5.41) is 9.70. The van der Waals surface area contributed by atoms with E-state index in [0.29, 0.717) is 10.9 Å². The average molecular weight is 518 g/mol. The van der Waals surface area contributed by atoms with Gasteiger partial charge in [-0.3, -0.25) is 23.9 Å². The van der Waals surface area contributed by atoms with E-state index in [1.165, 1.54) is 4.68 Å². The third kappa shape index (κ3) is 6.51. The number of nitrogens with two attached hydrogens (primary N) is 1. The molecular formula is C25H26F3N5O4. The third-order valence-corrected chi connectivity index (χ3v) is 5.54. The lowest BCUT2D eigenvalue weighted by molar-refractivity contribution is -0.137. The summed E-state index contributed by atoms with van der Waals surface area (Å²) in [4.78, 5) is 49.7. The number of benzene rings is 2. The number of aromatic nitrogens is 2. The van der Waals surface area contributed by atoms with Gasteiger partial charge in [0.15, 0.2) is 11.5 Å². The van der Waals surface area contributed by atoms with Gasteiger partial charge in [0.1, 0.15) is 12.6 Å². The third-order valence-electron chi connectivity index (χ3n) is 5.54. The maximum absolute atomic E-state index is 13.2. The van der Waals surface area contributed by atoms with E-state index in [-0.39, 0.29) is 17.8 Å². The van der Waals surface area contributed by atoms with Crippen LogP contribution in [0.25, 0.3) is 10.9 Å². The van der Waals surface area contributed by atoms with E-state index < -0.39 is 53.2 Å². The fraction of sp³-hybridized carbons (Fsp3) is 0.320. The van der Waals surface area contributed by atoms with Gasteiger partial charge in [-0.05, 0) is 23.6 Å². The molecule has 0 fully saturated rings. The van der Waals surface area contributed by atoms with Crippen molar-refractivity contribution in [1.29, 1.82) is 0 Å². The maximum Gasteiger partial charge on any atom is 0.416 e. The summed E-state index contributed by atoms with van der Waals surface area (Å²) in [5.74, 6) is -2.55. The lowest BCUT2D eigenvalue weighted by atomic mass is 9.86. The molecule has 3 amide bonds. The highest BCUT2D eigenvalue weighted by atomic mass is 19.4. The van der Waals surface area contributed by atoms with E-state index in [1.807, 2.05) is 0 Å². The topological polar surface area (TPSA) is 136 Å². The van der Waals surface area contributed by atoms with Gasteiger partial charge in [0.2, 0.25) is 11.8 Å². The first kappa shape index (κ1) is 27.4. The Bertz CT molecular complexity index is 1340. The molecule has 12 heteroatoms. The van der Waals surface area contributed by atoms with Gasteiger partial charge in [0.05, 0.1) is 17.6 Å². The summed E-state index contributed by atoms with van der Waals surface area (Å²) in [6.45, 7) is 4.44. The van der Waals surface area contributed by atoms with E-state index in [9.17, 15) is 32.3 Å². The fourth-order valence-electron chi connectivity index (χ4n) is 3.64. The molecule has 0 saturated carbocycles. The van der Waals surface area contributed by atoms with Crippen LogP contribution in [0.15, 0.2) is 48.5 Å². The zero-order valence-corrected chi connectivity index (χ0v) is 20.3. The van der Waals surface area contributed by atoms with E-state index in [1.54, 1.807) is 45.0 Å². The maximum atomic E-state index is 13.2. The zero-order chi connectivity index (χ0) is 27.5. The standard InChI is InChI=1S/C25H26F3N5O4/c1-24(2,3)21(23(37)30-12-19(29)35)31-22(36)20-16-6-4-5-7-17(16)33(32-20)13-18(34)14-8-10-15(11-9-14)25(26,27)28/h4-11,21H,12-13H2,1-3H3,(H2,29,35)(H,30,37)(H,31,36). The molecule has 0 aliphatic carbocycles. The summed E-state index contributed by atoms with van der Waals surface area (Å²) in [6.07, 6.45) is -4.52. The quantitative estimate of drug-likeness (QED) is 0.395. The van der Waals surface area contributed by atoms with Crippen LogP contribution < -0.4 is 16.4 Å². The van der Waals surface area contributed by atoms with Crippen LogP contribution in [0.2, 0.25) is 0 Å². The number of alkyl halides is 3. The van der Waals surface area contributed by atoms with Gasteiger partial charge in [0.25, 0.3) is 5.91 Å². The van der Waals surface area contributed by atoms with Crippen molar-refractivity contribution < 1.29 is 32.3 Å². The highest BCUT2D eigenvalue weighted by Gasteiger charge is 2.34. The van der Waals surface area contributed by atoms with E-state index >= 15 is 0 Å². The van der Waals surface area contributed by atoms with Gasteiger partial charge < -0.3 is 16.4 Å². The summed E-state index contributed by atoms with van der Waals surface area (Å²) in [7, 11) is 0. The number of fused-ring (bicyclic) bond motifs is 1.